The van der Waals surface area contributed by atoms with Crippen molar-refractivity contribution in [3.8, 4) is 0 Å². The lowest BCUT2D eigenvalue weighted by atomic mass is 10.1. The predicted octanol–water partition coefficient (Wildman–Crippen LogP) is 3.74. The highest BCUT2D eigenvalue weighted by Gasteiger charge is 2.35. The number of carbonyl (C=O) groups is 1. The fraction of sp³-hybridized carbons (Fsp3) is 0.458. The molecular formula is C24H29ClN2O5S. The van der Waals surface area contributed by atoms with Gasteiger partial charge < -0.3 is 14.4 Å². The van der Waals surface area contributed by atoms with Gasteiger partial charge in [-0.3, -0.25) is 4.79 Å². The molecule has 2 aliphatic rings. The molecule has 0 saturated carbocycles. The third-order valence-corrected chi connectivity index (χ3v) is 8.21. The molecular weight excluding hydrogens is 464 g/mol. The number of carbonyl (C=O) groups excluding carboxylic acids is 1. The molecule has 7 nitrogen and oxygen atoms in total. The monoisotopic (exact) mass is 492 g/mol. The number of nitrogens with zero attached hydrogens (tertiary/aromatic N) is 2. The Kier molecular flexibility index (Phi) is 7.12. The fourth-order valence-corrected chi connectivity index (χ4v) is 6.54. The molecule has 33 heavy (non-hydrogen) atoms. The van der Waals surface area contributed by atoms with E-state index < -0.39 is 10.0 Å². The van der Waals surface area contributed by atoms with Crippen LogP contribution >= 0.6 is 11.6 Å². The first-order valence-electron chi connectivity index (χ1n) is 11.1. The zero-order chi connectivity index (χ0) is 23.8. The number of amides is 1. The number of hydrogen-bond donors (Lipinski definition) is 0. The highest BCUT2D eigenvalue weighted by atomic mass is 35.5. The highest BCUT2D eigenvalue weighted by Crippen LogP contribution is 2.30. The van der Waals surface area contributed by atoms with E-state index in [2.05, 4.69) is 0 Å². The minimum absolute atomic E-state index is 0.0581. The number of morpholine rings is 2. The van der Waals surface area contributed by atoms with E-state index in [1.54, 1.807) is 11.0 Å². The SMILES string of the molecule is CC1CN(S(=O)(=O)c2cc(C(=O)N3CC(C)OC(c4ccccc4)C3)ccc2Cl)CC(C)O1. The van der Waals surface area contributed by atoms with Gasteiger partial charge in [-0.1, -0.05) is 41.9 Å². The quantitative estimate of drug-likeness (QED) is 0.649. The summed E-state index contributed by atoms with van der Waals surface area (Å²) in [6.45, 7) is 6.88. The van der Waals surface area contributed by atoms with Gasteiger partial charge in [0, 0.05) is 25.2 Å². The molecule has 2 saturated heterocycles. The van der Waals surface area contributed by atoms with E-state index in [4.69, 9.17) is 21.1 Å². The second-order valence-electron chi connectivity index (χ2n) is 8.78. The minimum Gasteiger partial charge on any atom is -0.373 e. The topological polar surface area (TPSA) is 76.2 Å². The van der Waals surface area contributed by atoms with Crippen molar-refractivity contribution in [2.75, 3.05) is 26.2 Å². The van der Waals surface area contributed by atoms with E-state index in [0.717, 1.165) is 5.56 Å². The molecule has 0 radical (unpaired) electrons. The summed E-state index contributed by atoms with van der Waals surface area (Å²) in [7, 11) is -3.88. The summed E-state index contributed by atoms with van der Waals surface area (Å²) in [6.07, 6.45) is -0.848. The van der Waals surface area contributed by atoms with Gasteiger partial charge in [-0.05, 0) is 44.5 Å². The van der Waals surface area contributed by atoms with Crippen molar-refractivity contribution in [1.82, 2.24) is 9.21 Å². The Labute approximate surface area is 200 Å². The number of sulfonamides is 1. The molecule has 4 rings (SSSR count). The van der Waals surface area contributed by atoms with Crippen LogP contribution in [0.4, 0.5) is 0 Å². The van der Waals surface area contributed by atoms with Gasteiger partial charge in [0.25, 0.3) is 5.91 Å². The number of halogens is 1. The largest absolute Gasteiger partial charge is 0.373 e. The molecule has 0 aromatic heterocycles. The third kappa shape index (κ3) is 5.25. The molecule has 0 bridgehead atoms. The molecule has 2 aromatic carbocycles. The summed E-state index contributed by atoms with van der Waals surface area (Å²) in [5.41, 5.74) is 1.28. The lowest BCUT2D eigenvalue weighted by molar-refractivity contribution is -0.0691. The Morgan fingerprint density at radius 3 is 2.21 bits per heavy atom. The van der Waals surface area contributed by atoms with Crippen LogP contribution in [0.1, 0.15) is 42.8 Å². The Morgan fingerprint density at radius 2 is 1.55 bits per heavy atom. The van der Waals surface area contributed by atoms with Crippen molar-refractivity contribution in [3.05, 3.63) is 64.7 Å². The van der Waals surface area contributed by atoms with Gasteiger partial charge in [0.05, 0.1) is 29.9 Å². The number of benzene rings is 2. The standard InChI is InChI=1S/C24H29ClN2O5S/c1-16-12-26(15-22(32-16)19-7-5-4-6-8-19)24(28)20-9-10-21(25)23(11-20)33(29,30)27-13-17(2)31-18(3)14-27/h4-11,16-18,22H,12-15H2,1-3H3. The second kappa shape index (κ2) is 9.72. The van der Waals surface area contributed by atoms with Crippen LogP contribution in [-0.2, 0) is 19.5 Å². The van der Waals surface area contributed by atoms with Crippen LogP contribution in [0.15, 0.2) is 53.4 Å². The molecule has 4 unspecified atom stereocenters. The van der Waals surface area contributed by atoms with E-state index >= 15 is 0 Å². The van der Waals surface area contributed by atoms with Crippen LogP contribution in [0, 0.1) is 0 Å². The predicted molar refractivity (Wildman–Crippen MR) is 126 cm³/mol. The molecule has 0 aliphatic carbocycles. The maximum absolute atomic E-state index is 13.4. The highest BCUT2D eigenvalue weighted by molar-refractivity contribution is 7.89. The van der Waals surface area contributed by atoms with Gasteiger partial charge >= 0.3 is 0 Å². The number of ether oxygens (including phenoxy) is 2. The number of hydrogen-bond acceptors (Lipinski definition) is 5. The van der Waals surface area contributed by atoms with E-state index in [0.29, 0.717) is 13.1 Å². The van der Waals surface area contributed by atoms with Gasteiger partial charge in [0.15, 0.2) is 0 Å². The first-order chi connectivity index (χ1) is 15.6. The maximum atomic E-state index is 13.4. The summed E-state index contributed by atoms with van der Waals surface area (Å²) >= 11 is 6.31. The van der Waals surface area contributed by atoms with Crippen molar-refractivity contribution >= 4 is 27.5 Å². The van der Waals surface area contributed by atoms with Crippen LogP contribution in [0.25, 0.3) is 0 Å². The summed E-state index contributed by atoms with van der Waals surface area (Å²) in [6, 6.07) is 14.2. The molecule has 2 aliphatic heterocycles. The molecule has 2 heterocycles. The molecule has 0 spiro atoms. The van der Waals surface area contributed by atoms with E-state index in [1.165, 1.54) is 16.4 Å². The Balaban J connectivity index is 1.60. The van der Waals surface area contributed by atoms with Crippen molar-refractivity contribution in [3.63, 3.8) is 0 Å². The average Bonchev–Trinajstić information content (AvgIpc) is 2.78. The van der Waals surface area contributed by atoms with Crippen LogP contribution in [0.3, 0.4) is 0 Å². The van der Waals surface area contributed by atoms with E-state index in [-0.39, 0.29) is 58.9 Å². The number of rotatable bonds is 4. The first-order valence-corrected chi connectivity index (χ1v) is 12.9. The molecule has 1 amide bonds. The molecule has 9 heteroatoms. The Bertz CT molecular complexity index is 1100. The zero-order valence-corrected chi connectivity index (χ0v) is 20.6. The van der Waals surface area contributed by atoms with Crippen LogP contribution < -0.4 is 0 Å². The lowest BCUT2D eigenvalue weighted by Crippen LogP contribution is -2.48. The second-order valence-corrected chi connectivity index (χ2v) is 11.1. The van der Waals surface area contributed by atoms with Gasteiger partial charge in [0.1, 0.15) is 11.0 Å². The van der Waals surface area contributed by atoms with Gasteiger partial charge in [-0.25, -0.2) is 8.42 Å². The molecule has 178 valence electrons. The third-order valence-electron chi connectivity index (χ3n) is 5.90. The summed E-state index contributed by atoms with van der Waals surface area (Å²) in [5, 5.41) is 0.0934. The van der Waals surface area contributed by atoms with Gasteiger partial charge in [0.2, 0.25) is 10.0 Å². The summed E-state index contributed by atoms with van der Waals surface area (Å²) < 4.78 is 39.9. The van der Waals surface area contributed by atoms with Crippen molar-refractivity contribution < 1.29 is 22.7 Å². The smallest absolute Gasteiger partial charge is 0.254 e. The van der Waals surface area contributed by atoms with Gasteiger partial charge in [-0.2, -0.15) is 4.31 Å². The maximum Gasteiger partial charge on any atom is 0.254 e. The summed E-state index contributed by atoms with van der Waals surface area (Å²) in [5.74, 6) is -0.247. The van der Waals surface area contributed by atoms with E-state index in [1.807, 2.05) is 51.1 Å². The molecule has 4 atom stereocenters. The normalized spacial score (nSPS) is 26.8. The zero-order valence-electron chi connectivity index (χ0n) is 19.0. The molecule has 2 aromatic rings. The fourth-order valence-electron chi connectivity index (χ4n) is 4.45. The van der Waals surface area contributed by atoms with Crippen molar-refractivity contribution in [1.29, 1.82) is 0 Å². The van der Waals surface area contributed by atoms with Gasteiger partial charge in [-0.15, -0.1) is 0 Å². The lowest BCUT2D eigenvalue weighted by Gasteiger charge is -2.37. The molecule has 0 N–H and O–H groups in total. The van der Waals surface area contributed by atoms with Crippen molar-refractivity contribution in [2.24, 2.45) is 0 Å². The minimum atomic E-state index is -3.88. The van der Waals surface area contributed by atoms with Crippen LogP contribution in [0.2, 0.25) is 5.02 Å². The van der Waals surface area contributed by atoms with Crippen molar-refractivity contribution in [2.45, 2.75) is 50.1 Å². The van der Waals surface area contributed by atoms with Crippen LogP contribution in [-0.4, -0.2) is 68.0 Å². The average molecular weight is 493 g/mol. The van der Waals surface area contributed by atoms with Crippen LogP contribution in [0.5, 0.6) is 0 Å². The Morgan fingerprint density at radius 1 is 0.909 bits per heavy atom. The Hall–Kier alpha value is -1.97. The molecule has 2 fully saturated rings. The summed E-state index contributed by atoms with van der Waals surface area (Å²) in [4.78, 5) is 15.0. The van der Waals surface area contributed by atoms with E-state index in [9.17, 15) is 13.2 Å². The first kappa shape index (κ1) is 24.2.